The Kier molecular flexibility index (Phi) is 3.92. The van der Waals surface area contributed by atoms with Gasteiger partial charge in [-0.15, -0.1) is 0 Å². The van der Waals surface area contributed by atoms with Crippen molar-refractivity contribution in [2.45, 2.75) is 13.0 Å². The van der Waals surface area contributed by atoms with Crippen LogP contribution in [0.4, 0.5) is 5.69 Å². The van der Waals surface area contributed by atoms with Gasteiger partial charge in [0.25, 0.3) is 0 Å². The number of carboxylic acids is 1. The zero-order valence-electron chi connectivity index (χ0n) is 7.70. The summed E-state index contributed by atoms with van der Waals surface area (Å²) in [5, 5.41) is 8.65. The monoisotopic (exact) mass is 338 g/mol. The van der Waals surface area contributed by atoms with Gasteiger partial charge in [0, 0.05) is 6.20 Å². The van der Waals surface area contributed by atoms with Gasteiger partial charge in [-0.1, -0.05) is 0 Å². The fourth-order valence-corrected chi connectivity index (χ4v) is 1.74. The van der Waals surface area contributed by atoms with Crippen molar-refractivity contribution < 1.29 is 14.6 Å². The Balaban J connectivity index is 2.97. The zero-order chi connectivity index (χ0) is 11.6. The molecule has 0 aromatic carbocycles. The average molecular weight is 340 g/mol. The summed E-state index contributed by atoms with van der Waals surface area (Å²) in [6.07, 6.45) is 0.471. The molecule has 1 aromatic rings. The lowest BCUT2D eigenvalue weighted by Crippen LogP contribution is -2.23. The highest BCUT2D eigenvalue weighted by atomic mass is 79.9. The van der Waals surface area contributed by atoms with E-state index in [0.29, 0.717) is 14.6 Å². The molecule has 7 heteroatoms. The predicted octanol–water partition coefficient (Wildman–Crippen LogP) is 2.04. The summed E-state index contributed by atoms with van der Waals surface area (Å²) in [6, 6.07) is 0. The summed E-state index contributed by atoms with van der Waals surface area (Å²) in [5.74, 6) is -0.907. The second-order valence-electron chi connectivity index (χ2n) is 2.74. The Morgan fingerprint density at radius 3 is 2.80 bits per heavy atom. The van der Waals surface area contributed by atoms with Crippen molar-refractivity contribution >= 4 is 43.5 Å². The molecule has 5 nitrogen and oxygen atoms in total. The SMILES string of the molecule is C[C@@H](Oc1ncc(Br)c(N)c1Br)C(=O)O. The van der Waals surface area contributed by atoms with Crippen molar-refractivity contribution in [2.24, 2.45) is 0 Å². The van der Waals surface area contributed by atoms with Crippen LogP contribution in [-0.2, 0) is 4.79 Å². The van der Waals surface area contributed by atoms with Crippen molar-refractivity contribution in [2.75, 3.05) is 5.73 Å². The predicted molar refractivity (Wildman–Crippen MR) is 61.8 cm³/mol. The lowest BCUT2D eigenvalue weighted by Gasteiger charge is -2.12. The molecule has 0 saturated carbocycles. The minimum absolute atomic E-state index is 0.158. The molecule has 82 valence electrons. The first-order chi connectivity index (χ1) is 6.93. The fraction of sp³-hybridized carbons (Fsp3) is 0.250. The van der Waals surface area contributed by atoms with E-state index in [0.717, 1.165) is 0 Å². The molecule has 0 saturated heterocycles. The van der Waals surface area contributed by atoms with E-state index in [1.54, 1.807) is 0 Å². The summed E-state index contributed by atoms with van der Waals surface area (Å²) < 4.78 is 6.13. The molecule has 3 N–H and O–H groups in total. The first-order valence-corrected chi connectivity index (χ1v) is 5.51. The third-order valence-corrected chi connectivity index (χ3v) is 3.01. The highest BCUT2D eigenvalue weighted by molar-refractivity contribution is 9.11. The van der Waals surface area contributed by atoms with Crippen molar-refractivity contribution in [3.05, 3.63) is 15.1 Å². The lowest BCUT2D eigenvalue weighted by atomic mass is 10.4. The third kappa shape index (κ3) is 2.82. The van der Waals surface area contributed by atoms with Crippen LogP contribution in [0.15, 0.2) is 15.1 Å². The number of nitrogens with zero attached hydrogens (tertiary/aromatic N) is 1. The molecule has 0 aliphatic heterocycles. The quantitative estimate of drug-likeness (QED) is 0.880. The van der Waals surface area contributed by atoms with E-state index in [1.165, 1.54) is 13.1 Å². The second-order valence-corrected chi connectivity index (χ2v) is 4.38. The van der Waals surface area contributed by atoms with Crippen LogP contribution in [0, 0.1) is 0 Å². The van der Waals surface area contributed by atoms with E-state index in [-0.39, 0.29) is 5.88 Å². The van der Waals surface area contributed by atoms with Crippen molar-refractivity contribution in [1.29, 1.82) is 0 Å². The van der Waals surface area contributed by atoms with E-state index < -0.39 is 12.1 Å². The zero-order valence-corrected chi connectivity index (χ0v) is 10.9. The molecule has 15 heavy (non-hydrogen) atoms. The molecule has 0 unspecified atom stereocenters. The van der Waals surface area contributed by atoms with Gasteiger partial charge in [0.2, 0.25) is 5.88 Å². The number of anilines is 1. The molecule has 0 radical (unpaired) electrons. The van der Waals surface area contributed by atoms with Gasteiger partial charge in [-0.3, -0.25) is 0 Å². The van der Waals surface area contributed by atoms with Gasteiger partial charge in [0.15, 0.2) is 6.10 Å². The maximum atomic E-state index is 10.6. The largest absolute Gasteiger partial charge is 0.479 e. The molecule has 0 aliphatic rings. The van der Waals surface area contributed by atoms with Gasteiger partial charge < -0.3 is 15.6 Å². The van der Waals surface area contributed by atoms with E-state index in [2.05, 4.69) is 36.8 Å². The molecule has 1 rings (SSSR count). The topological polar surface area (TPSA) is 85.4 Å². The van der Waals surface area contributed by atoms with E-state index in [9.17, 15) is 4.79 Å². The standard InChI is InChI=1S/C8H8Br2N2O3/c1-3(8(13)14)15-7-5(10)6(11)4(9)2-12-7/h2-3H,1H3,(H2,11,12)(H,13,14)/t3-/m1/s1. The number of nitrogens with two attached hydrogens (primary N) is 1. The van der Waals surface area contributed by atoms with Gasteiger partial charge in [0.1, 0.15) is 4.47 Å². The molecule has 0 fully saturated rings. The van der Waals surface area contributed by atoms with Crippen LogP contribution in [0.2, 0.25) is 0 Å². The number of aromatic nitrogens is 1. The Hall–Kier alpha value is -0.820. The van der Waals surface area contributed by atoms with Crippen LogP contribution >= 0.6 is 31.9 Å². The summed E-state index contributed by atoms with van der Waals surface area (Å²) in [5.41, 5.74) is 6.09. The Bertz CT molecular complexity index is 398. The van der Waals surface area contributed by atoms with Crippen molar-refractivity contribution in [3.63, 3.8) is 0 Å². The minimum Gasteiger partial charge on any atom is -0.479 e. The molecule has 0 spiro atoms. The number of hydrogen-bond acceptors (Lipinski definition) is 4. The van der Waals surface area contributed by atoms with Gasteiger partial charge in [-0.2, -0.15) is 0 Å². The normalized spacial score (nSPS) is 12.2. The molecular formula is C8H8Br2N2O3. The average Bonchev–Trinajstić information content (AvgIpc) is 2.18. The molecule has 1 aromatic heterocycles. The van der Waals surface area contributed by atoms with Crippen LogP contribution in [0.25, 0.3) is 0 Å². The molecule has 0 amide bonds. The molecule has 1 atom stereocenters. The number of nitrogen functional groups attached to an aromatic ring is 1. The first-order valence-electron chi connectivity index (χ1n) is 3.92. The first kappa shape index (κ1) is 12.3. The highest BCUT2D eigenvalue weighted by Crippen LogP contribution is 2.34. The smallest absolute Gasteiger partial charge is 0.344 e. The maximum absolute atomic E-state index is 10.6. The molecule has 0 bridgehead atoms. The number of rotatable bonds is 3. The number of hydrogen-bond donors (Lipinski definition) is 2. The second kappa shape index (κ2) is 4.80. The van der Waals surface area contributed by atoms with Crippen molar-refractivity contribution in [1.82, 2.24) is 4.98 Å². The minimum atomic E-state index is -1.06. The Morgan fingerprint density at radius 1 is 1.67 bits per heavy atom. The van der Waals surface area contributed by atoms with Crippen LogP contribution in [0.5, 0.6) is 5.88 Å². The summed E-state index contributed by atoms with van der Waals surface area (Å²) in [6.45, 7) is 1.41. The summed E-state index contributed by atoms with van der Waals surface area (Å²) in [7, 11) is 0. The van der Waals surface area contributed by atoms with Crippen molar-refractivity contribution in [3.8, 4) is 5.88 Å². The molecule has 0 aliphatic carbocycles. The molecule has 1 heterocycles. The van der Waals surface area contributed by atoms with E-state index >= 15 is 0 Å². The fourth-order valence-electron chi connectivity index (χ4n) is 0.762. The van der Waals surface area contributed by atoms with E-state index in [4.69, 9.17) is 15.6 Å². The number of halogens is 2. The van der Waals surface area contributed by atoms with Gasteiger partial charge in [-0.25, -0.2) is 9.78 Å². The van der Waals surface area contributed by atoms with Crippen LogP contribution < -0.4 is 10.5 Å². The number of carboxylic acid groups (broad SMARTS) is 1. The Labute approximate surface area is 103 Å². The molecular weight excluding hydrogens is 332 g/mol. The lowest BCUT2D eigenvalue weighted by molar-refractivity contribution is -0.144. The van der Waals surface area contributed by atoms with Crippen LogP contribution in [-0.4, -0.2) is 22.2 Å². The maximum Gasteiger partial charge on any atom is 0.344 e. The van der Waals surface area contributed by atoms with Gasteiger partial charge >= 0.3 is 5.97 Å². The van der Waals surface area contributed by atoms with Crippen LogP contribution in [0.1, 0.15) is 6.92 Å². The number of pyridine rings is 1. The highest BCUT2D eigenvalue weighted by Gasteiger charge is 2.17. The number of ether oxygens (including phenoxy) is 1. The number of carbonyl (C=O) groups is 1. The van der Waals surface area contributed by atoms with Gasteiger partial charge in [-0.05, 0) is 38.8 Å². The summed E-state index contributed by atoms with van der Waals surface area (Å²) >= 11 is 6.36. The third-order valence-electron chi connectivity index (χ3n) is 1.61. The van der Waals surface area contributed by atoms with Crippen LogP contribution in [0.3, 0.4) is 0 Å². The number of aliphatic carboxylic acids is 1. The van der Waals surface area contributed by atoms with E-state index in [1.807, 2.05) is 0 Å². The Morgan fingerprint density at radius 2 is 2.27 bits per heavy atom. The summed E-state index contributed by atoms with van der Waals surface area (Å²) in [4.78, 5) is 14.5. The van der Waals surface area contributed by atoms with Gasteiger partial charge in [0.05, 0.1) is 10.2 Å².